The summed E-state index contributed by atoms with van der Waals surface area (Å²) >= 11 is 0. The lowest BCUT2D eigenvalue weighted by atomic mass is 10.2. The van der Waals surface area contributed by atoms with Crippen molar-refractivity contribution < 1.29 is 8.42 Å². The molecule has 8 nitrogen and oxygen atoms in total. The number of nitrogens with zero attached hydrogens (tertiary/aromatic N) is 5. The zero-order chi connectivity index (χ0) is 18.3. The molecule has 0 aliphatic carbocycles. The van der Waals surface area contributed by atoms with Crippen LogP contribution in [0.3, 0.4) is 0 Å². The first-order chi connectivity index (χ1) is 12.5. The van der Waals surface area contributed by atoms with Gasteiger partial charge in [-0.2, -0.15) is 10.2 Å². The minimum absolute atomic E-state index is 0.0743. The van der Waals surface area contributed by atoms with Gasteiger partial charge in [0.05, 0.1) is 17.4 Å². The lowest BCUT2D eigenvalue weighted by Gasteiger charge is -2.10. The first-order valence-electron chi connectivity index (χ1n) is 7.86. The van der Waals surface area contributed by atoms with Gasteiger partial charge in [0.15, 0.2) is 5.82 Å². The molecule has 1 N–H and O–H groups in total. The molecule has 0 saturated carbocycles. The average molecular weight is 368 g/mol. The van der Waals surface area contributed by atoms with Gasteiger partial charge >= 0.3 is 0 Å². The molecule has 1 aromatic carbocycles. The predicted molar refractivity (Wildman–Crippen MR) is 97.6 cm³/mol. The summed E-state index contributed by atoms with van der Waals surface area (Å²) in [6.45, 7) is 1.90. The van der Waals surface area contributed by atoms with E-state index in [2.05, 4.69) is 19.9 Å². The van der Waals surface area contributed by atoms with Gasteiger partial charge in [0, 0.05) is 30.5 Å². The summed E-state index contributed by atoms with van der Waals surface area (Å²) in [6, 6.07) is 10.3. The highest BCUT2D eigenvalue weighted by Crippen LogP contribution is 2.25. The molecule has 0 aliphatic heterocycles. The Bertz CT molecular complexity index is 1190. The van der Waals surface area contributed by atoms with Crippen molar-refractivity contribution in [1.29, 1.82) is 0 Å². The highest BCUT2D eigenvalue weighted by Gasteiger charge is 2.18. The maximum absolute atomic E-state index is 12.7. The third-order valence-electron chi connectivity index (χ3n) is 4.09. The van der Waals surface area contributed by atoms with E-state index < -0.39 is 10.0 Å². The quantitative estimate of drug-likeness (QED) is 0.596. The van der Waals surface area contributed by atoms with Gasteiger partial charge in [-0.1, -0.05) is 12.1 Å². The number of sulfonamides is 1. The summed E-state index contributed by atoms with van der Waals surface area (Å²) < 4.78 is 31.4. The second-order valence-corrected chi connectivity index (χ2v) is 7.54. The zero-order valence-corrected chi connectivity index (χ0v) is 15.0. The molecular formula is C17H16N6O2S. The lowest BCUT2D eigenvalue weighted by Crippen LogP contribution is -2.14. The fourth-order valence-electron chi connectivity index (χ4n) is 2.79. The lowest BCUT2D eigenvalue weighted by molar-refractivity contribution is 0.600. The van der Waals surface area contributed by atoms with E-state index in [-0.39, 0.29) is 4.90 Å². The summed E-state index contributed by atoms with van der Waals surface area (Å²) in [6.07, 6.45) is 4.68. The Morgan fingerprint density at radius 1 is 1.04 bits per heavy atom. The Morgan fingerprint density at radius 3 is 2.58 bits per heavy atom. The van der Waals surface area contributed by atoms with Gasteiger partial charge in [-0.05, 0) is 31.2 Å². The van der Waals surface area contributed by atoms with Gasteiger partial charge in [0.2, 0.25) is 0 Å². The molecular weight excluding hydrogens is 352 g/mol. The molecule has 4 aromatic rings. The van der Waals surface area contributed by atoms with Crippen molar-refractivity contribution in [2.45, 2.75) is 11.8 Å². The molecule has 0 spiro atoms. The molecule has 3 heterocycles. The number of pyridine rings is 1. The van der Waals surface area contributed by atoms with Crippen molar-refractivity contribution in [3.8, 4) is 5.82 Å². The van der Waals surface area contributed by atoms with Gasteiger partial charge < -0.3 is 0 Å². The van der Waals surface area contributed by atoms with Crippen LogP contribution < -0.4 is 4.72 Å². The Labute approximate surface area is 150 Å². The number of hydrogen-bond acceptors (Lipinski definition) is 5. The molecule has 0 atom stereocenters. The van der Waals surface area contributed by atoms with Crippen LogP contribution in [0.1, 0.15) is 5.69 Å². The first-order valence-corrected chi connectivity index (χ1v) is 9.35. The number of anilines is 1. The second-order valence-electron chi connectivity index (χ2n) is 5.85. The third-order valence-corrected chi connectivity index (χ3v) is 5.44. The molecule has 0 saturated heterocycles. The van der Waals surface area contributed by atoms with Gasteiger partial charge in [-0.15, -0.1) is 0 Å². The number of hydrogen-bond donors (Lipinski definition) is 1. The molecule has 0 radical (unpaired) electrons. The van der Waals surface area contributed by atoms with Crippen molar-refractivity contribution >= 4 is 26.6 Å². The molecule has 0 unspecified atom stereocenters. The number of para-hydroxylation sites is 1. The Balaban J connectivity index is 1.68. The van der Waals surface area contributed by atoms with E-state index >= 15 is 0 Å². The molecule has 132 valence electrons. The van der Waals surface area contributed by atoms with Crippen molar-refractivity contribution in [2.75, 3.05) is 4.72 Å². The van der Waals surface area contributed by atoms with E-state index in [1.807, 2.05) is 19.1 Å². The van der Waals surface area contributed by atoms with Crippen LogP contribution in [0, 0.1) is 6.92 Å². The van der Waals surface area contributed by atoms with Crippen LogP contribution in [0.25, 0.3) is 16.7 Å². The van der Waals surface area contributed by atoms with E-state index in [0.29, 0.717) is 17.0 Å². The first kappa shape index (κ1) is 16.3. The van der Waals surface area contributed by atoms with E-state index in [1.165, 1.54) is 12.3 Å². The SMILES string of the molecule is Cc1ccnn1-c1ccc(S(=O)(=O)Nc2cccc3cnn(C)c23)cn1. The van der Waals surface area contributed by atoms with Crippen molar-refractivity contribution in [1.82, 2.24) is 24.5 Å². The van der Waals surface area contributed by atoms with E-state index in [4.69, 9.17) is 0 Å². The van der Waals surface area contributed by atoms with Crippen LogP contribution in [0.4, 0.5) is 5.69 Å². The van der Waals surface area contributed by atoms with Crippen LogP contribution in [0.2, 0.25) is 0 Å². The van der Waals surface area contributed by atoms with Crippen molar-refractivity contribution in [2.24, 2.45) is 7.05 Å². The number of fused-ring (bicyclic) bond motifs is 1. The standard InChI is InChI=1S/C17H16N6O2S/c1-12-8-9-19-23(12)16-7-6-14(11-18-16)26(24,25)21-15-5-3-4-13-10-20-22(2)17(13)15/h3-11,21H,1-2H3. The predicted octanol–water partition coefficient (Wildman–Crippen LogP) is 2.26. The largest absolute Gasteiger partial charge is 0.277 e. The minimum Gasteiger partial charge on any atom is -0.277 e. The van der Waals surface area contributed by atoms with Crippen LogP contribution in [-0.4, -0.2) is 33.0 Å². The van der Waals surface area contributed by atoms with Crippen LogP contribution in [0.15, 0.2) is 59.9 Å². The second kappa shape index (κ2) is 5.95. The molecule has 9 heteroatoms. The van der Waals surface area contributed by atoms with E-state index in [9.17, 15) is 8.42 Å². The van der Waals surface area contributed by atoms with Crippen molar-refractivity contribution in [3.63, 3.8) is 0 Å². The molecule has 0 fully saturated rings. The molecule has 26 heavy (non-hydrogen) atoms. The Morgan fingerprint density at radius 2 is 1.88 bits per heavy atom. The molecule has 4 rings (SSSR count). The van der Waals surface area contributed by atoms with Gasteiger partial charge in [0.25, 0.3) is 10.0 Å². The monoisotopic (exact) mass is 368 g/mol. The maximum Gasteiger partial charge on any atom is 0.263 e. The van der Waals surface area contributed by atoms with Crippen LogP contribution >= 0.6 is 0 Å². The number of nitrogens with one attached hydrogen (secondary N) is 1. The van der Waals surface area contributed by atoms with Crippen molar-refractivity contribution in [3.05, 3.63) is 60.7 Å². The summed E-state index contributed by atoms with van der Waals surface area (Å²) in [5.41, 5.74) is 2.09. The third kappa shape index (κ3) is 2.72. The molecule has 0 amide bonds. The minimum atomic E-state index is -3.78. The highest BCUT2D eigenvalue weighted by atomic mass is 32.2. The summed E-state index contributed by atoms with van der Waals surface area (Å²) in [7, 11) is -2.01. The average Bonchev–Trinajstić information content (AvgIpc) is 3.21. The van der Waals surface area contributed by atoms with Crippen LogP contribution in [-0.2, 0) is 17.1 Å². The normalized spacial score (nSPS) is 11.8. The Hall–Kier alpha value is -3.20. The number of aromatic nitrogens is 5. The smallest absolute Gasteiger partial charge is 0.263 e. The fourth-order valence-corrected chi connectivity index (χ4v) is 3.80. The van der Waals surface area contributed by atoms with E-state index in [1.54, 1.807) is 47.0 Å². The molecule has 0 aliphatic rings. The molecule has 3 aromatic heterocycles. The highest BCUT2D eigenvalue weighted by molar-refractivity contribution is 7.92. The zero-order valence-electron chi connectivity index (χ0n) is 14.2. The number of benzene rings is 1. The topological polar surface area (TPSA) is 94.7 Å². The fraction of sp³-hybridized carbons (Fsp3) is 0.118. The number of rotatable bonds is 4. The molecule has 0 bridgehead atoms. The summed E-state index contributed by atoms with van der Waals surface area (Å²) in [5.74, 6) is 0.556. The van der Waals surface area contributed by atoms with Gasteiger partial charge in [-0.25, -0.2) is 18.1 Å². The number of aryl methyl sites for hydroxylation is 2. The maximum atomic E-state index is 12.7. The Kier molecular flexibility index (Phi) is 3.73. The van der Waals surface area contributed by atoms with E-state index in [0.717, 1.165) is 11.1 Å². The van der Waals surface area contributed by atoms with Crippen LogP contribution in [0.5, 0.6) is 0 Å². The van der Waals surface area contributed by atoms with Gasteiger partial charge in [-0.3, -0.25) is 9.40 Å². The summed E-state index contributed by atoms with van der Waals surface area (Å²) in [5, 5.41) is 9.19. The van der Waals surface area contributed by atoms with Gasteiger partial charge in [0.1, 0.15) is 4.90 Å². The summed E-state index contributed by atoms with van der Waals surface area (Å²) in [4.78, 5) is 4.30.